The molecule has 2 rings (SSSR count). The molecule has 1 heterocycles. The van der Waals surface area contributed by atoms with E-state index in [9.17, 15) is 21.6 Å². The van der Waals surface area contributed by atoms with Gasteiger partial charge in [0, 0.05) is 0 Å². The maximum Gasteiger partial charge on any atom is 0.504 e. The highest BCUT2D eigenvalue weighted by Gasteiger charge is 2.49. The van der Waals surface area contributed by atoms with E-state index in [1.807, 2.05) is 0 Å². The fourth-order valence-corrected chi connectivity index (χ4v) is 1.85. The topological polar surface area (TPSA) is 62.8 Å². The number of aromatic nitrogens is 2. The molecule has 8 heteroatoms. The Balaban J connectivity index is 2.66. The van der Waals surface area contributed by atoms with Crippen molar-refractivity contribution in [2.75, 3.05) is 0 Å². The van der Waals surface area contributed by atoms with Crippen molar-refractivity contribution in [2.24, 2.45) is 0 Å². The number of sulfone groups is 1. The maximum absolute atomic E-state index is 12.2. The number of fused-ring (bicyclic) bond motifs is 1. The largest absolute Gasteiger partial charge is 0.504 e. The summed E-state index contributed by atoms with van der Waals surface area (Å²) in [4.78, 5) is 5.51. The number of para-hydroxylation sites is 2. The van der Waals surface area contributed by atoms with Gasteiger partial charge in [-0.05, 0) is 12.1 Å². The maximum atomic E-state index is 12.2. The Bertz CT molecular complexity index is 597. The van der Waals surface area contributed by atoms with Gasteiger partial charge in [0.25, 0.3) is 0 Å². The molecule has 1 aromatic heterocycles. The highest BCUT2D eigenvalue weighted by atomic mass is 32.2. The highest BCUT2D eigenvalue weighted by molar-refractivity contribution is 7.92. The molecular weight excluding hydrogens is 245 g/mol. The van der Waals surface area contributed by atoms with Crippen molar-refractivity contribution < 1.29 is 21.6 Å². The number of aromatic amines is 1. The van der Waals surface area contributed by atoms with Crippen LogP contribution in [-0.4, -0.2) is 23.9 Å². The van der Waals surface area contributed by atoms with Gasteiger partial charge in [0.05, 0.1) is 11.0 Å². The van der Waals surface area contributed by atoms with Gasteiger partial charge in [-0.25, -0.2) is 13.4 Å². The van der Waals surface area contributed by atoms with E-state index < -0.39 is 20.5 Å². The summed E-state index contributed by atoms with van der Waals surface area (Å²) in [5, 5.41) is -1.08. The number of hydrogen-bond donors (Lipinski definition) is 1. The van der Waals surface area contributed by atoms with Crippen LogP contribution in [0.5, 0.6) is 0 Å². The zero-order chi connectivity index (χ0) is 12.0. The van der Waals surface area contributed by atoms with Crippen molar-refractivity contribution in [1.82, 2.24) is 9.97 Å². The molecule has 0 bridgehead atoms. The van der Waals surface area contributed by atoms with Crippen LogP contribution in [-0.2, 0) is 9.84 Å². The molecule has 86 valence electrons. The molecule has 0 spiro atoms. The molecular formula is C8H5F3N2O2S. The van der Waals surface area contributed by atoms with Crippen LogP contribution in [0.3, 0.4) is 0 Å². The lowest BCUT2D eigenvalue weighted by atomic mass is 10.3. The predicted octanol–water partition coefficient (Wildman–Crippen LogP) is 1.86. The number of imidazole rings is 1. The van der Waals surface area contributed by atoms with Crippen LogP contribution in [0.15, 0.2) is 29.4 Å². The van der Waals surface area contributed by atoms with Gasteiger partial charge in [0.2, 0.25) is 5.16 Å². The van der Waals surface area contributed by atoms with Gasteiger partial charge < -0.3 is 4.98 Å². The van der Waals surface area contributed by atoms with Gasteiger partial charge in [-0.3, -0.25) is 0 Å². The minimum atomic E-state index is -5.40. The molecule has 0 radical (unpaired) electrons. The molecule has 0 saturated carbocycles. The van der Waals surface area contributed by atoms with E-state index in [4.69, 9.17) is 0 Å². The molecule has 16 heavy (non-hydrogen) atoms. The third-order valence-corrected chi connectivity index (χ3v) is 3.24. The molecule has 4 nitrogen and oxygen atoms in total. The fraction of sp³-hybridized carbons (Fsp3) is 0.125. The standard InChI is InChI=1S/C8H5F3N2O2S/c9-8(10,11)16(14,15)7-12-5-3-1-2-4-6(5)13-7/h1-4H,(H,12,13). The van der Waals surface area contributed by atoms with E-state index in [-0.39, 0.29) is 11.0 Å². The summed E-state index contributed by atoms with van der Waals surface area (Å²) in [6.45, 7) is 0. The van der Waals surface area contributed by atoms with Gasteiger partial charge >= 0.3 is 15.3 Å². The van der Waals surface area contributed by atoms with Crippen LogP contribution in [0.2, 0.25) is 0 Å². The fourth-order valence-electron chi connectivity index (χ4n) is 1.17. The van der Waals surface area contributed by atoms with Gasteiger partial charge in [0.1, 0.15) is 0 Å². The molecule has 1 aromatic carbocycles. The van der Waals surface area contributed by atoms with Crippen molar-refractivity contribution in [3.63, 3.8) is 0 Å². The third kappa shape index (κ3) is 1.54. The summed E-state index contributed by atoms with van der Waals surface area (Å²) in [5.74, 6) is 0. The van der Waals surface area contributed by atoms with Crippen LogP contribution < -0.4 is 0 Å². The number of halogens is 3. The highest BCUT2D eigenvalue weighted by Crippen LogP contribution is 2.29. The van der Waals surface area contributed by atoms with Crippen molar-refractivity contribution in [1.29, 1.82) is 0 Å². The molecule has 0 aliphatic heterocycles. The number of hydrogen-bond acceptors (Lipinski definition) is 3. The Kier molecular flexibility index (Phi) is 2.19. The molecule has 0 aliphatic rings. The van der Waals surface area contributed by atoms with Crippen LogP contribution >= 0.6 is 0 Å². The number of benzene rings is 1. The first-order valence-electron chi connectivity index (χ1n) is 4.08. The van der Waals surface area contributed by atoms with E-state index in [0.29, 0.717) is 0 Å². The second-order valence-corrected chi connectivity index (χ2v) is 4.86. The molecule has 2 aromatic rings. The first-order valence-corrected chi connectivity index (χ1v) is 5.57. The van der Waals surface area contributed by atoms with Crippen LogP contribution in [0.1, 0.15) is 0 Å². The van der Waals surface area contributed by atoms with Gasteiger partial charge in [-0.1, -0.05) is 12.1 Å². The summed E-state index contributed by atoms with van der Waals surface area (Å²) in [5.41, 5.74) is -4.93. The Labute approximate surface area is 88.0 Å². The Morgan fingerprint density at radius 2 is 1.81 bits per heavy atom. The second kappa shape index (κ2) is 3.21. The van der Waals surface area contributed by atoms with Crippen molar-refractivity contribution in [3.8, 4) is 0 Å². The van der Waals surface area contributed by atoms with Gasteiger partial charge in [-0.15, -0.1) is 0 Å². The molecule has 1 N–H and O–H groups in total. The van der Waals surface area contributed by atoms with Crippen LogP contribution in [0.4, 0.5) is 13.2 Å². The molecule has 0 saturated heterocycles. The van der Waals surface area contributed by atoms with E-state index >= 15 is 0 Å². The lowest BCUT2D eigenvalue weighted by Gasteiger charge is -2.03. The lowest BCUT2D eigenvalue weighted by molar-refractivity contribution is -0.0439. The van der Waals surface area contributed by atoms with E-state index in [2.05, 4.69) is 9.97 Å². The van der Waals surface area contributed by atoms with Gasteiger partial charge in [-0.2, -0.15) is 13.2 Å². The normalized spacial score (nSPS) is 13.2. The molecule has 0 amide bonds. The van der Waals surface area contributed by atoms with Crippen molar-refractivity contribution in [3.05, 3.63) is 24.3 Å². The number of nitrogens with one attached hydrogen (secondary N) is 1. The average molecular weight is 250 g/mol. The summed E-state index contributed by atoms with van der Waals surface area (Å²) in [6.07, 6.45) is 0. The Morgan fingerprint density at radius 1 is 1.19 bits per heavy atom. The number of H-pyrrole nitrogens is 1. The van der Waals surface area contributed by atoms with E-state index in [1.165, 1.54) is 12.1 Å². The first-order chi connectivity index (χ1) is 7.32. The number of rotatable bonds is 1. The lowest BCUT2D eigenvalue weighted by Crippen LogP contribution is -2.24. The predicted molar refractivity (Wildman–Crippen MR) is 49.3 cm³/mol. The Hall–Kier alpha value is -1.57. The first kappa shape index (κ1) is 10.9. The zero-order valence-corrected chi connectivity index (χ0v) is 8.43. The van der Waals surface area contributed by atoms with E-state index in [0.717, 1.165) is 0 Å². The summed E-state index contributed by atoms with van der Waals surface area (Å²) >= 11 is 0. The summed E-state index contributed by atoms with van der Waals surface area (Å²) in [6, 6.07) is 5.97. The number of alkyl halides is 3. The van der Waals surface area contributed by atoms with E-state index in [1.54, 1.807) is 12.1 Å². The summed E-state index contributed by atoms with van der Waals surface area (Å²) < 4.78 is 58.6. The molecule has 0 atom stereocenters. The molecule has 0 aliphatic carbocycles. The number of nitrogens with zero attached hydrogens (tertiary/aromatic N) is 1. The monoisotopic (exact) mass is 250 g/mol. The molecule has 0 fully saturated rings. The van der Waals surface area contributed by atoms with Gasteiger partial charge in [0.15, 0.2) is 0 Å². The van der Waals surface area contributed by atoms with Crippen molar-refractivity contribution in [2.45, 2.75) is 10.7 Å². The smallest absolute Gasteiger partial charge is 0.328 e. The minimum absolute atomic E-state index is 0.172. The zero-order valence-electron chi connectivity index (χ0n) is 7.62. The SMILES string of the molecule is O=S(=O)(c1nc2ccccc2[nH]1)C(F)(F)F. The minimum Gasteiger partial charge on any atom is -0.328 e. The summed E-state index contributed by atoms with van der Waals surface area (Å²) in [7, 11) is -5.40. The quantitative estimate of drug-likeness (QED) is 0.840. The molecule has 0 unspecified atom stereocenters. The second-order valence-electron chi connectivity index (χ2n) is 3.01. The van der Waals surface area contributed by atoms with Crippen molar-refractivity contribution >= 4 is 20.9 Å². The third-order valence-electron chi connectivity index (χ3n) is 1.93. The van der Waals surface area contributed by atoms with Crippen LogP contribution in [0, 0.1) is 0 Å². The average Bonchev–Trinajstić information content (AvgIpc) is 2.59. The Morgan fingerprint density at radius 3 is 2.38 bits per heavy atom. The van der Waals surface area contributed by atoms with Crippen LogP contribution in [0.25, 0.3) is 11.0 Å².